The Morgan fingerprint density at radius 3 is 2.58 bits per heavy atom. The van der Waals surface area contributed by atoms with Gasteiger partial charge in [0.2, 0.25) is 0 Å². The first kappa shape index (κ1) is 19.6. The summed E-state index contributed by atoms with van der Waals surface area (Å²) in [5.74, 6) is -0.141. The maximum Gasteiger partial charge on any atom is 0.329 e. The van der Waals surface area contributed by atoms with E-state index in [-0.39, 0.29) is 24.9 Å². The largest absolute Gasteiger partial charge is 0.490 e. The van der Waals surface area contributed by atoms with E-state index in [2.05, 4.69) is 5.32 Å². The van der Waals surface area contributed by atoms with Crippen LogP contribution in [0.1, 0.15) is 35.5 Å². The third-order valence-electron chi connectivity index (χ3n) is 3.88. The molecule has 6 nitrogen and oxygen atoms in total. The van der Waals surface area contributed by atoms with Gasteiger partial charge in [0.05, 0.1) is 6.26 Å². The maximum atomic E-state index is 12.3. The molecule has 6 heteroatoms. The Bertz CT molecular complexity index is 737. The highest BCUT2D eigenvalue weighted by molar-refractivity contribution is 5.94. The molecule has 26 heavy (non-hydrogen) atoms. The van der Waals surface area contributed by atoms with Crippen molar-refractivity contribution < 1.29 is 23.5 Å². The average molecular weight is 359 g/mol. The zero-order valence-electron chi connectivity index (χ0n) is 15.6. The van der Waals surface area contributed by atoms with Gasteiger partial charge in [0, 0.05) is 0 Å². The minimum Gasteiger partial charge on any atom is -0.490 e. The van der Waals surface area contributed by atoms with Gasteiger partial charge in [0.1, 0.15) is 25.0 Å². The van der Waals surface area contributed by atoms with E-state index in [0.717, 1.165) is 16.9 Å². The predicted molar refractivity (Wildman–Crippen MR) is 97.2 cm³/mol. The number of aryl methyl sites for hydroxylation is 2. The monoisotopic (exact) mass is 359 g/mol. The number of hydrogen-bond donors (Lipinski definition) is 1. The number of nitrogens with one attached hydrogen (secondary N) is 1. The first-order valence-electron chi connectivity index (χ1n) is 8.59. The Kier molecular flexibility index (Phi) is 6.83. The first-order valence-corrected chi connectivity index (χ1v) is 8.59. The number of benzene rings is 1. The molecule has 1 aromatic carbocycles. The summed E-state index contributed by atoms with van der Waals surface area (Å²) in [5, 5.41) is 2.65. The van der Waals surface area contributed by atoms with Gasteiger partial charge in [0.25, 0.3) is 5.91 Å². The van der Waals surface area contributed by atoms with Crippen LogP contribution in [0.25, 0.3) is 0 Å². The Hall–Kier alpha value is -2.76. The molecule has 1 unspecified atom stereocenters. The van der Waals surface area contributed by atoms with Crippen molar-refractivity contribution in [2.24, 2.45) is 5.92 Å². The summed E-state index contributed by atoms with van der Waals surface area (Å²) in [6, 6.07) is 8.33. The lowest BCUT2D eigenvalue weighted by Crippen LogP contribution is -2.45. The van der Waals surface area contributed by atoms with Crippen LogP contribution in [-0.4, -0.2) is 31.1 Å². The molecule has 0 aliphatic heterocycles. The Morgan fingerprint density at radius 1 is 1.15 bits per heavy atom. The summed E-state index contributed by atoms with van der Waals surface area (Å²) in [6.07, 6.45) is 1.40. The maximum absolute atomic E-state index is 12.3. The third kappa shape index (κ3) is 5.37. The summed E-state index contributed by atoms with van der Waals surface area (Å²) in [4.78, 5) is 24.4. The highest BCUT2D eigenvalue weighted by atomic mass is 16.6. The minimum atomic E-state index is -0.756. The lowest BCUT2D eigenvalue weighted by atomic mass is 10.0. The van der Waals surface area contributed by atoms with Crippen LogP contribution in [0.2, 0.25) is 0 Å². The fraction of sp³-hybridized carbons (Fsp3) is 0.400. The van der Waals surface area contributed by atoms with Gasteiger partial charge in [-0.25, -0.2) is 4.79 Å². The second kappa shape index (κ2) is 9.08. The highest BCUT2D eigenvalue weighted by Gasteiger charge is 2.26. The van der Waals surface area contributed by atoms with Gasteiger partial charge in [-0.3, -0.25) is 4.79 Å². The number of ether oxygens (including phenoxy) is 2. The fourth-order valence-electron chi connectivity index (χ4n) is 2.36. The van der Waals surface area contributed by atoms with Crippen LogP contribution in [0.5, 0.6) is 5.75 Å². The molecule has 2 aromatic rings. The molecule has 0 spiro atoms. The quantitative estimate of drug-likeness (QED) is 0.578. The van der Waals surface area contributed by atoms with Crippen molar-refractivity contribution in [2.75, 3.05) is 13.2 Å². The molecular weight excluding hydrogens is 334 g/mol. The molecule has 1 aromatic heterocycles. The van der Waals surface area contributed by atoms with E-state index >= 15 is 0 Å². The number of hydrogen-bond acceptors (Lipinski definition) is 5. The van der Waals surface area contributed by atoms with Gasteiger partial charge < -0.3 is 19.2 Å². The summed E-state index contributed by atoms with van der Waals surface area (Å²) >= 11 is 0. The Morgan fingerprint density at radius 2 is 1.92 bits per heavy atom. The van der Waals surface area contributed by atoms with Crippen LogP contribution in [0.3, 0.4) is 0 Å². The number of furan rings is 1. The zero-order chi connectivity index (χ0) is 19.1. The molecule has 0 fully saturated rings. The van der Waals surface area contributed by atoms with E-state index in [1.54, 1.807) is 6.07 Å². The number of carbonyl (C=O) groups is 2. The molecule has 0 radical (unpaired) electrons. The van der Waals surface area contributed by atoms with E-state index in [0.29, 0.717) is 0 Å². The van der Waals surface area contributed by atoms with Crippen molar-refractivity contribution in [3.63, 3.8) is 0 Å². The van der Waals surface area contributed by atoms with Crippen LogP contribution in [0.4, 0.5) is 0 Å². The van der Waals surface area contributed by atoms with Crippen LogP contribution in [0, 0.1) is 19.8 Å². The Labute approximate surface area is 153 Å². The van der Waals surface area contributed by atoms with Gasteiger partial charge in [-0.15, -0.1) is 0 Å². The molecule has 1 atom stereocenters. The second-order valence-electron chi connectivity index (χ2n) is 6.46. The summed E-state index contributed by atoms with van der Waals surface area (Å²) < 4.78 is 16.0. The number of carbonyl (C=O) groups excluding carboxylic acids is 2. The van der Waals surface area contributed by atoms with E-state index in [1.165, 1.54) is 12.3 Å². The lowest BCUT2D eigenvalue weighted by molar-refractivity contribution is -0.147. The summed E-state index contributed by atoms with van der Waals surface area (Å²) in [5.41, 5.74) is 2.12. The molecule has 0 aliphatic rings. The molecular formula is C20H25NO5. The molecule has 0 saturated heterocycles. The first-order chi connectivity index (χ1) is 12.4. The van der Waals surface area contributed by atoms with Crippen molar-refractivity contribution in [1.29, 1.82) is 0 Å². The van der Waals surface area contributed by atoms with Crippen LogP contribution < -0.4 is 10.1 Å². The Balaban J connectivity index is 1.83. The van der Waals surface area contributed by atoms with Gasteiger partial charge in [-0.1, -0.05) is 26.0 Å². The standard InChI is InChI=1S/C20H25NO5/c1-13(2)18(21-19(22)16-6-5-9-24-16)20(23)26-11-10-25-17-12-14(3)7-8-15(17)4/h5-9,12-13,18H,10-11H2,1-4H3,(H,21,22). The molecule has 0 bridgehead atoms. The van der Waals surface area contributed by atoms with Gasteiger partial charge in [-0.05, 0) is 49.1 Å². The van der Waals surface area contributed by atoms with Crippen LogP contribution >= 0.6 is 0 Å². The van der Waals surface area contributed by atoms with Crippen molar-refractivity contribution in [3.05, 3.63) is 53.5 Å². The van der Waals surface area contributed by atoms with E-state index in [1.807, 2.05) is 45.9 Å². The lowest BCUT2D eigenvalue weighted by Gasteiger charge is -2.20. The number of amides is 1. The van der Waals surface area contributed by atoms with Gasteiger partial charge >= 0.3 is 5.97 Å². The SMILES string of the molecule is Cc1ccc(C)c(OCCOC(=O)C(NC(=O)c2ccco2)C(C)C)c1. The average Bonchev–Trinajstić information content (AvgIpc) is 3.13. The van der Waals surface area contributed by atoms with E-state index in [9.17, 15) is 9.59 Å². The predicted octanol–water partition coefficient (Wildman–Crippen LogP) is 3.27. The van der Waals surface area contributed by atoms with Gasteiger partial charge in [-0.2, -0.15) is 0 Å². The van der Waals surface area contributed by atoms with Crippen molar-refractivity contribution in [2.45, 2.75) is 33.7 Å². The van der Waals surface area contributed by atoms with Crippen molar-refractivity contribution in [1.82, 2.24) is 5.32 Å². The molecule has 1 heterocycles. The van der Waals surface area contributed by atoms with Crippen molar-refractivity contribution in [3.8, 4) is 5.75 Å². The normalized spacial score (nSPS) is 11.9. The zero-order valence-corrected chi connectivity index (χ0v) is 15.6. The minimum absolute atomic E-state index is 0.103. The molecule has 1 N–H and O–H groups in total. The van der Waals surface area contributed by atoms with Crippen LogP contribution in [-0.2, 0) is 9.53 Å². The molecule has 140 valence electrons. The third-order valence-corrected chi connectivity index (χ3v) is 3.88. The van der Waals surface area contributed by atoms with Crippen molar-refractivity contribution >= 4 is 11.9 Å². The topological polar surface area (TPSA) is 77.8 Å². The molecule has 0 saturated carbocycles. The fourth-order valence-corrected chi connectivity index (χ4v) is 2.36. The number of rotatable bonds is 8. The molecule has 0 aliphatic carbocycles. The highest BCUT2D eigenvalue weighted by Crippen LogP contribution is 2.18. The summed E-state index contributed by atoms with van der Waals surface area (Å²) in [7, 11) is 0. The van der Waals surface area contributed by atoms with Gasteiger partial charge in [0.15, 0.2) is 5.76 Å². The second-order valence-corrected chi connectivity index (χ2v) is 6.46. The van der Waals surface area contributed by atoms with Crippen LogP contribution in [0.15, 0.2) is 41.0 Å². The van der Waals surface area contributed by atoms with E-state index in [4.69, 9.17) is 13.9 Å². The smallest absolute Gasteiger partial charge is 0.329 e. The molecule has 2 rings (SSSR count). The summed E-state index contributed by atoms with van der Waals surface area (Å²) in [6.45, 7) is 7.96. The molecule has 1 amide bonds. The van der Waals surface area contributed by atoms with E-state index < -0.39 is 17.9 Å². The number of esters is 1.